The van der Waals surface area contributed by atoms with Gasteiger partial charge in [0.15, 0.2) is 5.82 Å². The zero-order chi connectivity index (χ0) is 21.4. The standard InChI is InChI=1S/C22H18N4O3S2/c27-22(23-21-14-18(24-25-21)20-9-4-12-30-20)16-6-3-7-17(13-16)31(28,29)26-11-10-15-5-1-2-8-19(15)26/h1-9,12-14H,10-11H2,(H2,23,24,25,27). The van der Waals surface area contributed by atoms with Crippen molar-refractivity contribution in [1.29, 1.82) is 0 Å². The van der Waals surface area contributed by atoms with Gasteiger partial charge in [-0.3, -0.25) is 14.2 Å². The van der Waals surface area contributed by atoms with Crippen molar-refractivity contribution in [1.82, 2.24) is 10.2 Å². The van der Waals surface area contributed by atoms with Gasteiger partial charge < -0.3 is 5.32 Å². The molecule has 3 heterocycles. The minimum Gasteiger partial charge on any atom is -0.305 e. The number of amides is 1. The molecule has 0 aliphatic carbocycles. The lowest BCUT2D eigenvalue weighted by molar-refractivity contribution is 0.102. The number of anilines is 2. The lowest BCUT2D eigenvalue weighted by Crippen LogP contribution is -2.29. The lowest BCUT2D eigenvalue weighted by Gasteiger charge is -2.19. The highest BCUT2D eigenvalue weighted by Gasteiger charge is 2.31. The Bertz CT molecular complexity index is 1360. The Kier molecular flexibility index (Phi) is 4.84. The predicted molar refractivity (Wildman–Crippen MR) is 121 cm³/mol. The van der Waals surface area contributed by atoms with Gasteiger partial charge in [0, 0.05) is 18.2 Å². The van der Waals surface area contributed by atoms with Crippen molar-refractivity contribution in [2.45, 2.75) is 11.3 Å². The number of nitrogens with zero attached hydrogens (tertiary/aromatic N) is 2. The average molecular weight is 451 g/mol. The molecule has 0 saturated heterocycles. The van der Waals surface area contributed by atoms with Crippen LogP contribution in [0.5, 0.6) is 0 Å². The number of hydrogen-bond acceptors (Lipinski definition) is 5. The molecule has 2 aromatic heterocycles. The second-order valence-electron chi connectivity index (χ2n) is 7.08. The van der Waals surface area contributed by atoms with Crippen LogP contribution in [0.15, 0.2) is 77.0 Å². The molecular weight excluding hydrogens is 432 g/mol. The van der Waals surface area contributed by atoms with Crippen molar-refractivity contribution >= 4 is 38.8 Å². The van der Waals surface area contributed by atoms with Gasteiger partial charge in [0.2, 0.25) is 0 Å². The zero-order valence-electron chi connectivity index (χ0n) is 16.3. The molecule has 0 atom stereocenters. The number of thiophene rings is 1. The molecule has 0 spiro atoms. The molecule has 2 N–H and O–H groups in total. The van der Waals surface area contributed by atoms with Crippen molar-refractivity contribution in [2.24, 2.45) is 0 Å². The number of carbonyl (C=O) groups is 1. The summed E-state index contributed by atoms with van der Waals surface area (Å²) in [5.74, 6) is -0.0572. The average Bonchev–Trinajstić information content (AvgIpc) is 3.54. The van der Waals surface area contributed by atoms with E-state index in [-0.39, 0.29) is 10.5 Å². The molecule has 31 heavy (non-hydrogen) atoms. The van der Waals surface area contributed by atoms with Gasteiger partial charge in [0.25, 0.3) is 15.9 Å². The van der Waals surface area contributed by atoms with Gasteiger partial charge in [-0.2, -0.15) is 5.10 Å². The monoisotopic (exact) mass is 450 g/mol. The molecular formula is C22H18N4O3S2. The first-order valence-corrected chi connectivity index (χ1v) is 12.0. The summed E-state index contributed by atoms with van der Waals surface area (Å²) in [4.78, 5) is 13.8. The Labute approximate surface area is 183 Å². The third-order valence-electron chi connectivity index (χ3n) is 5.13. The quantitative estimate of drug-likeness (QED) is 0.478. The van der Waals surface area contributed by atoms with E-state index in [0.717, 1.165) is 16.1 Å². The summed E-state index contributed by atoms with van der Waals surface area (Å²) in [6.07, 6.45) is 0.668. The Balaban J connectivity index is 1.38. The van der Waals surface area contributed by atoms with Crippen LogP contribution in [0.3, 0.4) is 0 Å². The molecule has 0 saturated carbocycles. The number of sulfonamides is 1. The second-order valence-corrected chi connectivity index (χ2v) is 9.89. The summed E-state index contributed by atoms with van der Waals surface area (Å²) >= 11 is 1.56. The van der Waals surface area contributed by atoms with Crippen LogP contribution in [0.2, 0.25) is 0 Å². The number of para-hydroxylation sites is 1. The Morgan fingerprint density at radius 1 is 1.06 bits per heavy atom. The number of aromatic nitrogens is 2. The number of fused-ring (bicyclic) bond motifs is 1. The van der Waals surface area contributed by atoms with Crippen LogP contribution in [0.4, 0.5) is 11.5 Å². The molecule has 0 bridgehead atoms. The topological polar surface area (TPSA) is 95.2 Å². The van der Waals surface area contributed by atoms with Crippen molar-refractivity contribution in [2.75, 3.05) is 16.2 Å². The number of H-pyrrole nitrogens is 1. The highest BCUT2D eigenvalue weighted by molar-refractivity contribution is 7.92. The van der Waals surface area contributed by atoms with E-state index in [2.05, 4.69) is 15.5 Å². The number of benzene rings is 2. The van der Waals surface area contributed by atoms with Gasteiger partial charge in [-0.25, -0.2) is 8.42 Å². The first kappa shape index (κ1) is 19.5. The Morgan fingerprint density at radius 2 is 1.94 bits per heavy atom. The molecule has 4 aromatic rings. The second kappa shape index (κ2) is 7.68. The summed E-state index contributed by atoms with van der Waals surface area (Å²) in [6, 6.07) is 19.2. The van der Waals surface area contributed by atoms with Crippen molar-refractivity contribution in [3.05, 3.63) is 83.2 Å². The minimum atomic E-state index is -3.77. The maximum absolute atomic E-state index is 13.2. The normalized spacial score (nSPS) is 13.2. The van der Waals surface area contributed by atoms with Gasteiger partial charge in [-0.1, -0.05) is 30.3 Å². The van der Waals surface area contributed by atoms with Gasteiger partial charge in [0.05, 0.1) is 21.2 Å². The van der Waals surface area contributed by atoms with Gasteiger partial charge >= 0.3 is 0 Å². The predicted octanol–water partition coefficient (Wildman–Crippen LogP) is 4.14. The van der Waals surface area contributed by atoms with Crippen LogP contribution >= 0.6 is 11.3 Å². The highest BCUT2D eigenvalue weighted by atomic mass is 32.2. The van der Waals surface area contributed by atoms with Crippen LogP contribution in [0.25, 0.3) is 10.6 Å². The molecule has 9 heteroatoms. The lowest BCUT2D eigenvalue weighted by atomic mass is 10.2. The van der Waals surface area contributed by atoms with Crippen LogP contribution in [0.1, 0.15) is 15.9 Å². The summed E-state index contributed by atoms with van der Waals surface area (Å²) in [5, 5.41) is 11.7. The van der Waals surface area contributed by atoms with E-state index >= 15 is 0 Å². The van der Waals surface area contributed by atoms with Crippen LogP contribution < -0.4 is 9.62 Å². The number of hydrogen-bond donors (Lipinski definition) is 2. The molecule has 0 radical (unpaired) electrons. The molecule has 1 aliphatic rings. The number of rotatable bonds is 5. The smallest absolute Gasteiger partial charge is 0.264 e. The van der Waals surface area contributed by atoms with Gasteiger partial charge in [0.1, 0.15) is 0 Å². The SMILES string of the molecule is O=C(Nc1cc(-c2cccs2)[nH]n1)c1cccc(S(=O)(=O)N2CCc3ccccc32)c1. The first-order chi connectivity index (χ1) is 15.0. The van der Waals surface area contributed by atoms with E-state index < -0.39 is 15.9 Å². The molecule has 0 fully saturated rings. The molecule has 0 unspecified atom stereocenters. The van der Waals surface area contributed by atoms with E-state index in [9.17, 15) is 13.2 Å². The zero-order valence-corrected chi connectivity index (χ0v) is 17.9. The third kappa shape index (κ3) is 3.62. The first-order valence-electron chi connectivity index (χ1n) is 9.64. The summed E-state index contributed by atoms with van der Waals surface area (Å²) in [5.41, 5.74) is 2.73. The van der Waals surface area contributed by atoms with E-state index in [1.165, 1.54) is 16.4 Å². The fourth-order valence-corrected chi connectivity index (χ4v) is 5.86. The number of nitrogens with one attached hydrogen (secondary N) is 2. The number of carbonyl (C=O) groups excluding carboxylic acids is 1. The van der Waals surface area contributed by atoms with E-state index in [4.69, 9.17) is 0 Å². The van der Waals surface area contributed by atoms with Crippen molar-refractivity contribution < 1.29 is 13.2 Å². The fourth-order valence-electron chi connectivity index (χ4n) is 3.61. The molecule has 5 rings (SSSR count). The minimum absolute atomic E-state index is 0.0816. The van der Waals surface area contributed by atoms with Crippen LogP contribution in [-0.2, 0) is 16.4 Å². The molecule has 2 aromatic carbocycles. The summed E-state index contributed by atoms with van der Waals surface area (Å²) in [6.45, 7) is 0.386. The largest absolute Gasteiger partial charge is 0.305 e. The van der Waals surface area contributed by atoms with E-state index in [1.54, 1.807) is 35.6 Å². The van der Waals surface area contributed by atoms with Crippen molar-refractivity contribution in [3.63, 3.8) is 0 Å². The summed E-state index contributed by atoms with van der Waals surface area (Å²) < 4.78 is 27.9. The third-order valence-corrected chi connectivity index (χ3v) is 7.85. The number of aromatic amines is 1. The molecule has 7 nitrogen and oxygen atoms in total. The van der Waals surface area contributed by atoms with Gasteiger partial charge in [-0.15, -0.1) is 11.3 Å². The van der Waals surface area contributed by atoms with Crippen LogP contribution in [-0.4, -0.2) is 31.1 Å². The molecule has 1 amide bonds. The fraction of sp³-hybridized carbons (Fsp3) is 0.0909. The maximum Gasteiger partial charge on any atom is 0.264 e. The Hall–Kier alpha value is -3.43. The van der Waals surface area contributed by atoms with Crippen LogP contribution in [0, 0.1) is 0 Å². The van der Waals surface area contributed by atoms with E-state index in [1.807, 2.05) is 35.7 Å². The van der Waals surface area contributed by atoms with Crippen molar-refractivity contribution in [3.8, 4) is 10.6 Å². The molecule has 1 aliphatic heterocycles. The molecule has 156 valence electrons. The summed E-state index contributed by atoms with van der Waals surface area (Å²) in [7, 11) is -3.77. The maximum atomic E-state index is 13.2. The Morgan fingerprint density at radius 3 is 2.77 bits per heavy atom. The van der Waals surface area contributed by atoms with E-state index in [0.29, 0.717) is 24.5 Å². The van der Waals surface area contributed by atoms with Gasteiger partial charge in [-0.05, 0) is 47.7 Å². The highest BCUT2D eigenvalue weighted by Crippen LogP contribution is 2.33.